The average Bonchev–Trinajstić information content (AvgIpc) is 3.19. The molecule has 6 nitrogen and oxygen atoms in total. The lowest BCUT2D eigenvalue weighted by Gasteiger charge is -2.28. The first-order valence-electron chi connectivity index (χ1n) is 6.92. The minimum absolute atomic E-state index is 0.0473. The first-order valence-corrected chi connectivity index (χ1v) is 6.92. The molecule has 1 aliphatic rings. The van der Waals surface area contributed by atoms with Gasteiger partial charge in [0.1, 0.15) is 5.69 Å². The third-order valence-electron chi connectivity index (χ3n) is 4.02. The van der Waals surface area contributed by atoms with E-state index < -0.39 is 5.54 Å². The second-order valence-corrected chi connectivity index (χ2v) is 5.81. The fraction of sp³-hybridized carbons (Fsp3) is 0.714. The Balaban J connectivity index is 1.92. The zero-order chi connectivity index (χ0) is 14.9. The third-order valence-corrected chi connectivity index (χ3v) is 4.02. The molecule has 1 heterocycles. The molecule has 0 saturated heterocycles. The van der Waals surface area contributed by atoms with E-state index in [-0.39, 0.29) is 19.1 Å². The Kier molecular flexibility index (Phi) is 4.04. The van der Waals surface area contributed by atoms with Gasteiger partial charge in [-0.25, -0.2) is 0 Å². The Morgan fingerprint density at radius 3 is 2.65 bits per heavy atom. The SMILES string of the molecule is Cc1nn(C)c(C)c1OCC(=O)NC(C)(CO)C1CC1. The molecule has 0 aliphatic heterocycles. The van der Waals surface area contributed by atoms with Gasteiger partial charge in [-0.2, -0.15) is 5.10 Å². The monoisotopic (exact) mass is 281 g/mol. The second-order valence-electron chi connectivity index (χ2n) is 5.81. The Morgan fingerprint density at radius 1 is 1.55 bits per heavy atom. The van der Waals surface area contributed by atoms with Crippen molar-refractivity contribution in [3.05, 3.63) is 11.4 Å². The summed E-state index contributed by atoms with van der Waals surface area (Å²) in [5.74, 6) is 0.814. The maximum Gasteiger partial charge on any atom is 0.258 e. The normalized spacial score (nSPS) is 17.6. The van der Waals surface area contributed by atoms with E-state index in [4.69, 9.17) is 4.74 Å². The van der Waals surface area contributed by atoms with Crippen LogP contribution in [0, 0.1) is 19.8 Å². The number of hydrogen-bond acceptors (Lipinski definition) is 4. The number of aliphatic hydroxyl groups is 1. The number of carbonyl (C=O) groups is 1. The zero-order valence-electron chi connectivity index (χ0n) is 12.6. The average molecular weight is 281 g/mol. The summed E-state index contributed by atoms with van der Waals surface area (Å²) in [6.07, 6.45) is 2.11. The van der Waals surface area contributed by atoms with Gasteiger partial charge in [0, 0.05) is 7.05 Å². The Hall–Kier alpha value is -1.56. The quantitative estimate of drug-likeness (QED) is 0.804. The van der Waals surface area contributed by atoms with Gasteiger partial charge in [-0.1, -0.05) is 0 Å². The summed E-state index contributed by atoms with van der Waals surface area (Å²) in [6.45, 7) is 5.52. The van der Waals surface area contributed by atoms with E-state index in [1.54, 1.807) is 4.68 Å². The molecule has 1 amide bonds. The number of aliphatic hydroxyl groups excluding tert-OH is 1. The molecule has 2 rings (SSSR count). The zero-order valence-corrected chi connectivity index (χ0v) is 12.6. The van der Waals surface area contributed by atoms with Crippen LogP contribution in [0.2, 0.25) is 0 Å². The predicted octanol–water partition coefficient (Wildman–Crippen LogP) is 0.693. The highest BCUT2D eigenvalue weighted by molar-refractivity contribution is 5.78. The molecular formula is C14H23N3O3. The highest BCUT2D eigenvalue weighted by Crippen LogP contribution is 2.39. The molecule has 1 aliphatic carbocycles. The van der Waals surface area contributed by atoms with Crippen LogP contribution in [0.15, 0.2) is 0 Å². The van der Waals surface area contributed by atoms with Gasteiger partial charge >= 0.3 is 0 Å². The largest absolute Gasteiger partial charge is 0.480 e. The molecule has 0 radical (unpaired) electrons. The summed E-state index contributed by atoms with van der Waals surface area (Å²) in [4.78, 5) is 12.0. The molecule has 112 valence electrons. The van der Waals surface area contributed by atoms with Crippen LogP contribution in [0.5, 0.6) is 5.75 Å². The van der Waals surface area contributed by atoms with Crippen molar-refractivity contribution in [2.24, 2.45) is 13.0 Å². The summed E-state index contributed by atoms with van der Waals surface area (Å²) in [6, 6.07) is 0. The molecule has 1 saturated carbocycles. The lowest BCUT2D eigenvalue weighted by Crippen LogP contribution is -2.52. The first kappa shape index (κ1) is 14.8. The summed E-state index contributed by atoms with van der Waals surface area (Å²) in [5.41, 5.74) is 1.13. The summed E-state index contributed by atoms with van der Waals surface area (Å²) < 4.78 is 7.29. The predicted molar refractivity (Wildman–Crippen MR) is 74.5 cm³/mol. The number of aromatic nitrogens is 2. The smallest absolute Gasteiger partial charge is 0.258 e. The van der Waals surface area contributed by atoms with E-state index in [9.17, 15) is 9.90 Å². The molecule has 6 heteroatoms. The van der Waals surface area contributed by atoms with E-state index in [1.165, 1.54) is 0 Å². The molecule has 1 unspecified atom stereocenters. The standard InChI is InChI=1S/C14H23N3O3/c1-9-13(10(2)17(4)16-9)20-7-12(19)15-14(3,8-18)11-5-6-11/h11,18H,5-8H2,1-4H3,(H,15,19). The second kappa shape index (κ2) is 5.44. The minimum Gasteiger partial charge on any atom is -0.480 e. The number of ether oxygens (including phenoxy) is 1. The molecule has 1 fully saturated rings. The van der Waals surface area contributed by atoms with Crippen molar-refractivity contribution in [2.75, 3.05) is 13.2 Å². The van der Waals surface area contributed by atoms with Gasteiger partial charge < -0.3 is 15.2 Å². The van der Waals surface area contributed by atoms with Gasteiger partial charge in [0.05, 0.1) is 17.8 Å². The highest BCUT2D eigenvalue weighted by atomic mass is 16.5. The lowest BCUT2D eigenvalue weighted by atomic mass is 9.97. The van der Waals surface area contributed by atoms with E-state index >= 15 is 0 Å². The number of aryl methyl sites for hydroxylation is 2. The van der Waals surface area contributed by atoms with Crippen molar-refractivity contribution in [3.8, 4) is 5.75 Å². The fourth-order valence-electron chi connectivity index (χ4n) is 2.45. The molecule has 1 aromatic rings. The van der Waals surface area contributed by atoms with Gasteiger partial charge in [0.25, 0.3) is 5.91 Å². The summed E-state index contributed by atoms with van der Waals surface area (Å²) >= 11 is 0. The Bertz CT molecular complexity index is 508. The van der Waals surface area contributed by atoms with Crippen molar-refractivity contribution >= 4 is 5.91 Å². The number of rotatable bonds is 6. The van der Waals surface area contributed by atoms with E-state index in [0.29, 0.717) is 11.7 Å². The van der Waals surface area contributed by atoms with Gasteiger partial charge in [0.2, 0.25) is 0 Å². The highest BCUT2D eigenvalue weighted by Gasteiger charge is 2.42. The van der Waals surface area contributed by atoms with Gasteiger partial charge in [-0.15, -0.1) is 0 Å². The Labute approximate surface area is 119 Å². The van der Waals surface area contributed by atoms with E-state index in [1.807, 2.05) is 27.8 Å². The van der Waals surface area contributed by atoms with Crippen molar-refractivity contribution in [2.45, 2.75) is 39.2 Å². The van der Waals surface area contributed by atoms with Crippen LogP contribution in [0.3, 0.4) is 0 Å². The fourth-order valence-corrected chi connectivity index (χ4v) is 2.45. The molecule has 2 N–H and O–H groups in total. The number of nitrogens with one attached hydrogen (secondary N) is 1. The molecule has 0 aromatic carbocycles. The maximum absolute atomic E-state index is 12.0. The molecule has 20 heavy (non-hydrogen) atoms. The summed E-state index contributed by atoms with van der Waals surface area (Å²) in [7, 11) is 1.84. The van der Waals surface area contributed by atoms with Crippen LogP contribution in [0.1, 0.15) is 31.2 Å². The minimum atomic E-state index is -0.528. The molecule has 1 aromatic heterocycles. The van der Waals surface area contributed by atoms with Crippen molar-refractivity contribution in [3.63, 3.8) is 0 Å². The number of hydrogen-bond donors (Lipinski definition) is 2. The van der Waals surface area contributed by atoms with Crippen LogP contribution in [-0.2, 0) is 11.8 Å². The molecule has 0 spiro atoms. The molecule has 0 bridgehead atoms. The summed E-state index contributed by atoms with van der Waals surface area (Å²) in [5, 5.41) is 16.6. The van der Waals surface area contributed by atoms with E-state index in [0.717, 1.165) is 24.2 Å². The number of nitrogens with zero attached hydrogens (tertiary/aromatic N) is 2. The first-order chi connectivity index (χ1) is 9.37. The van der Waals surface area contributed by atoms with Gasteiger partial charge in [-0.3, -0.25) is 9.48 Å². The third kappa shape index (κ3) is 2.95. The maximum atomic E-state index is 12.0. The lowest BCUT2D eigenvalue weighted by molar-refractivity contribution is -0.125. The van der Waals surface area contributed by atoms with Crippen LogP contribution in [0.25, 0.3) is 0 Å². The van der Waals surface area contributed by atoms with Crippen LogP contribution in [-0.4, -0.2) is 39.5 Å². The van der Waals surface area contributed by atoms with Gasteiger partial charge in [0.15, 0.2) is 12.4 Å². The van der Waals surface area contributed by atoms with Crippen LogP contribution < -0.4 is 10.1 Å². The van der Waals surface area contributed by atoms with Crippen molar-refractivity contribution in [1.82, 2.24) is 15.1 Å². The topological polar surface area (TPSA) is 76.4 Å². The van der Waals surface area contributed by atoms with Crippen LogP contribution >= 0.6 is 0 Å². The molecule has 1 atom stereocenters. The van der Waals surface area contributed by atoms with Crippen molar-refractivity contribution in [1.29, 1.82) is 0 Å². The van der Waals surface area contributed by atoms with Gasteiger partial charge in [-0.05, 0) is 39.5 Å². The molecular weight excluding hydrogens is 258 g/mol. The van der Waals surface area contributed by atoms with Crippen molar-refractivity contribution < 1.29 is 14.6 Å². The Morgan fingerprint density at radius 2 is 2.20 bits per heavy atom. The number of carbonyl (C=O) groups excluding carboxylic acids is 1. The van der Waals surface area contributed by atoms with Crippen LogP contribution in [0.4, 0.5) is 0 Å². The van der Waals surface area contributed by atoms with E-state index in [2.05, 4.69) is 10.4 Å². The number of amides is 1.